The number of halogens is 1. The first-order valence-electron chi connectivity index (χ1n) is 5.24. The number of aromatic nitrogens is 2. The fourth-order valence-electron chi connectivity index (χ4n) is 1.65. The number of rotatable bonds is 4. The molecule has 2 N–H and O–H groups in total. The van der Waals surface area contributed by atoms with E-state index in [2.05, 4.69) is 15.3 Å². The van der Waals surface area contributed by atoms with Crippen LogP contribution in [0.1, 0.15) is 5.69 Å². The molecular formula is C12H14FN3. The minimum Gasteiger partial charge on any atom is -0.348 e. The van der Waals surface area contributed by atoms with E-state index in [-0.39, 0.29) is 5.82 Å². The lowest BCUT2D eigenvalue weighted by atomic mass is 10.1. The molecule has 0 bridgehead atoms. The van der Waals surface area contributed by atoms with Gasteiger partial charge in [-0.3, -0.25) is 0 Å². The van der Waals surface area contributed by atoms with Crippen molar-refractivity contribution >= 4 is 0 Å². The second kappa shape index (κ2) is 4.90. The smallest absolute Gasteiger partial charge is 0.123 e. The highest BCUT2D eigenvalue weighted by molar-refractivity contribution is 5.61. The minimum absolute atomic E-state index is 0.236. The van der Waals surface area contributed by atoms with Crippen LogP contribution in [0.2, 0.25) is 0 Å². The molecule has 0 aliphatic heterocycles. The van der Waals surface area contributed by atoms with Crippen LogP contribution in [0.15, 0.2) is 30.6 Å². The molecule has 0 atom stereocenters. The molecular weight excluding hydrogens is 205 g/mol. The molecule has 16 heavy (non-hydrogen) atoms. The van der Waals surface area contributed by atoms with Gasteiger partial charge in [0.1, 0.15) is 5.82 Å². The maximum Gasteiger partial charge on any atom is 0.123 e. The Kier molecular flexibility index (Phi) is 3.31. The highest BCUT2D eigenvalue weighted by Gasteiger charge is 2.08. The zero-order valence-corrected chi connectivity index (χ0v) is 9.13. The van der Waals surface area contributed by atoms with Crippen molar-refractivity contribution in [1.82, 2.24) is 15.3 Å². The number of nitrogens with zero attached hydrogens (tertiary/aromatic N) is 1. The van der Waals surface area contributed by atoms with E-state index in [1.807, 2.05) is 13.1 Å². The summed E-state index contributed by atoms with van der Waals surface area (Å²) in [6.45, 7) is 0.866. The van der Waals surface area contributed by atoms with Gasteiger partial charge in [-0.25, -0.2) is 9.37 Å². The van der Waals surface area contributed by atoms with Crippen molar-refractivity contribution in [2.75, 3.05) is 13.6 Å². The van der Waals surface area contributed by atoms with Crippen molar-refractivity contribution < 1.29 is 4.39 Å². The molecule has 0 amide bonds. The van der Waals surface area contributed by atoms with Crippen LogP contribution in [0.5, 0.6) is 0 Å². The van der Waals surface area contributed by atoms with Crippen LogP contribution in [0.25, 0.3) is 11.3 Å². The molecule has 0 saturated carbocycles. The Morgan fingerprint density at radius 2 is 2.31 bits per heavy atom. The summed E-state index contributed by atoms with van der Waals surface area (Å²) in [5.41, 5.74) is 2.67. The Labute approximate surface area is 93.7 Å². The van der Waals surface area contributed by atoms with Crippen molar-refractivity contribution in [3.8, 4) is 11.3 Å². The Morgan fingerprint density at radius 3 is 3.06 bits per heavy atom. The van der Waals surface area contributed by atoms with Crippen LogP contribution in [0, 0.1) is 5.82 Å². The van der Waals surface area contributed by atoms with Gasteiger partial charge in [0.15, 0.2) is 0 Å². The van der Waals surface area contributed by atoms with Crippen LogP contribution < -0.4 is 5.32 Å². The van der Waals surface area contributed by atoms with Crippen molar-refractivity contribution in [2.24, 2.45) is 0 Å². The average Bonchev–Trinajstić information content (AvgIpc) is 2.74. The first-order valence-corrected chi connectivity index (χ1v) is 5.24. The Morgan fingerprint density at radius 1 is 1.44 bits per heavy atom. The van der Waals surface area contributed by atoms with Gasteiger partial charge in [0.25, 0.3) is 0 Å². The van der Waals surface area contributed by atoms with E-state index in [0.717, 1.165) is 29.9 Å². The molecule has 2 rings (SSSR count). The molecule has 0 radical (unpaired) electrons. The molecule has 0 aliphatic rings. The predicted octanol–water partition coefficient (Wildman–Crippen LogP) is 1.98. The number of benzene rings is 1. The van der Waals surface area contributed by atoms with Gasteiger partial charge in [-0.1, -0.05) is 12.1 Å². The Balaban J connectivity index is 2.29. The lowest BCUT2D eigenvalue weighted by Gasteiger charge is -2.02. The van der Waals surface area contributed by atoms with E-state index in [4.69, 9.17) is 0 Å². The van der Waals surface area contributed by atoms with Gasteiger partial charge < -0.3 is 10.3 Å². The first kappa shape index (κ1) is 10.8. The van der Waals surface area contributed by atoms with Crippen LogP contribution in [0.3, 0.4) is 0 Å². The standard InChI is InChI=1S/C12H14FN3/c1-14-6-5-11-12(16-8-15-11)9-3-2-4-10(13)7-9/h2-4,7-8,14H,5-6H2,1H3,(H,15,16). The average molecular weight is 219 g/mol. The maximum absolute atomic E-state index is 13.1. The first-order chi connectivity index (χ1) is 7.81. The predicted molar refractivity (Wildman–Crippen MR) is 61.6 cm³/mol. The number of nitrogens with one attached hydrogen (secondary N) is 2. The van der Waals surface area contributed by atoms with Crippen molar-refractivity contribution in [3.05, 3.63) is 42.1 Å². The number of likely N-dealkylation sites (N-methyl/N-ethyl adjacent to an activating group) is 1. The zero-order valence-electron chi connectivity index (χ0n) is 9.13. The minimum atomic E-state index is -0.236. The molecule has 1 heterocycles. The summed E-state index contributed by atoms with van der Waals surface area (Å²) in [5.74, 6) is -0.236. The summed E-state index contributed by atoms with van der Waals surface area (Å²) in [7, 11) is 1.90. The monoisotopic (exact) mass is 219 g/mol. The van der Waals surface area contributed by atoms with Gasteiger partial charge in [0, 0.05) is 24.2 Å². The summed E-state index contributed by atoms with van der Waals surface area (Å²) in [4.78, 5) is 7.32. The molecule has 0 saturated heterocycles. The van der Waals surface area contributed by atoms with Gasteiger partial charge in [-0.05, 0) is 19.2 Å². The number of H-pyrrole nitrogens is 1. The zero-order chi connectivity index (χ0) is 11.4. The van der Waals surface area contributed by atoms with Crippen LogP contribution in [0.4, 0.5) is 4.39 Å². The van der Waals surface area contributed by atoms with Crippen molar-refractivity contribution in [2.45, 2.75) is 6.42 Å². The van der Waals surface area contributed by atoms with Crippen LogP contribution in [-0.2, 0) is 6.42 Å². The highest BCUT2D eigenvalue weighted by Crippen LogP contribution is 2.21. The summed E-state index contributed by atoms with van der Waals surface area (Å²) in [6.07, 6.45) is 2.49. The molecule has 4 heteroatoms. The number of aromatic amines is 1. The van der Waals surface area contributed by atoms with Crippen molar-refractivity contribution in [1.29, 1.82) is 0 Å². The number of hydrogen-bond donors (Lipinski definition) is 2. The molecule has 2 aromatic rings. The third-order valence-electron chi connectivity index (χ3n) is 2.44. The second-order valence-corrected chi connectivity index (χ2v) is 3.59. The van der Waals surface area contributed by atoms with Gasteiger partial charge in [0.05, 0.1) is 12.0 Å². The van der Waals surface area contributed by atoms with Gasteiger partial charge in [-0.2, -0.15) is 0 Å². The summed E-state index contributed by atoms with van der Waals surface area (Å²) >= 11 is 0. The van der Waals surface area contributed by atoms with E-state index in [9.17, 15) is 4.39 Å². The molecule has 0 aliphatic carbocycles. The van der Waals surface area contributed by atoms with E-state index in [1.165, 1.54) is 12.1 Å². The van der Waals surface area contributed by atoms with E-state index in [1.54, 1.807) is 12.4 Å². The van der Waals surface area contributed by atoms with Crippen LogP contribution >= 0.6 is 0 Å². The molecule has 84 valence electrons. The fourth-order valence-corrected chi connectivity index (χ4v) is 1.65. The normalized spacial score (nSPS) is 10.6. The summed E-state index contributed by atoms with van der Waals surface area (Å²) < 4.78 is 13.1. The third-order valence-corrected chi connectivity index (χ3v) is 2.44. The van der Waals surface area contributed by atoms with E-state index in [0.29, 0.717) is 0 Å². The molecule has 0 fully saturated rings. The van der Waals surface area contributed by atoms with Gasteiger partial charge in [0.2, 0.25) is 0 Å². The lowest BCUT2D eigenvalue weighted by Crippen LogP contribution is -2.11. The molecule has 1 aromatic carbocycles. The fraction of sp³-hybridized carbons (Fsp3) is 0.250. The summed E-state index contributed by atoms with van der Waals surface area (Å²) in [6, 6.07) is 6.49. The second-order valence-electron chi connectivity index (χ2n) is 3.59. The molecule has 0 spiro atoms. The lowest BCUT2D eigenvalue weighted by molar-refractivity contribution is 0.628. The van der Waals surface area contributed by atoms with Crippen LogP contribution in [-0.4, -0.2) is 23.6 Å². The Bertz CT molecular complexity index is 465. The largest absolute Gasteiger partial charge is 0.348 e. The Hall–Kier alpha value is -1.68. The van der Waals surface area contributed by atoms with E-state index < -0.39 is 0 Å². The number of imidazole rings is 1. The molecule has 0 unspecified atom stereocenters. The molecule has 1 aromatic heterocycles. The maximum atomic E-state index is 13.1. The third kappa shape index (κ3) is 2.28. The van der Waals surface area contributed by atoms with Gasteiger partial charge >= 0.3 is 0 Å². The molecule has 3 nitrogen and oxygen atoms in total. The van der Waals surface area contributed by atoms with Crippen molar-refractivity contribution in [3.63, 3.8) is 0 Å². The summed E-state index contributed by atoms with van der Waals surface area (Å²) in [5, 5.41) is 3.07. The number of hydrogen-bond acceptors (Lipinski definition) is 2. The SMILES string of the molecule is CNCCc1[nH]cnc1-c1cccc(F)c1. The topological polar surface area (TPSA) is 40.7 Å². The quantitative estimate of drug-likeness (QED) is 0.825. The van der Waals surface area contributed by atoms with E-state index >= 15 is 0 Å². The highest BCUT2D eigenvalue weighted by atomic mass is 19.1. The van der Waals surface area contributed by atoms with Gasteiger partial charge in [-0.15, -0.1) is 0 Å².